The lowest BCUT2D eigenvalue weighted by Crippen LogP contribution is -2.56. The van der Waals surface area contributed by atoms with Crippen molar-refractivity contribution in [3.05, 3.63) is 71.8 Å². The van der Waals surface area contributed by atoms with Gasteiger partial charge in [-0.3, -0.25) is 9.69 Å². The molecule has 1 heterocycles. The number of nitrogens with one attached hydrogen (secondary N) is 1. The van der Waals surface area contributed by atoms with E-state index in [1.807, 2.05) is 57.5 Å². The number of likely N-dealkylation sites (N-methyl/N-ethyl adjacent to an activating group) is 2. The molecule has 0 bridgehead atoms. The first-order chi connectivity index (χ1) is 14.4. The van der Waals surface area contributed by atoms with Crippen LogP contribution in [0.3, 0.4) is 0 Å². The first kappa shape index (κ1) is 22.5. The molecular formula is C25H35N3O2. The maximum atomic E-state index is 13.8. The van der Waals surface area contributed by atoms with E-state index >= 15 is 0 Å². The van der Waals surface area contributed by atoms with Gasteiger partial charge in [-0.05, 0) is 37.9 Å². The molecule has 1 amide bonds. The Morgan fingerprint density at radius 1 is 1.13 bits per heavy atom. The average molecular weight is 410 g/mol. The van der Waals surface area contributed by atoms with Gasteiger partial charge in [-0.25, -0.2) is 0 Å². The molecule has 1 fully saturated rings. The van der Waals surface area contributed by atoms with E-state index in [-0.39, 0.29) is 18.0 Å². The highest BCUT2D eigenvalue weighted by atomic mass is 16.3. The lowest BCUT2D eigenvalue weighted by molar-refractivity contribution is -0.134. The Morgan fingerprint density at radius 2 is 1.67 bits per heavy atom. The lowest BCUT2D eigenvalue weighted by atomic mass is 9.69. The molecule has 0 saturated carbocycles. The Balaban J connectivity index is 2.02. The van der Waals surface area contributed by atoms with Crippen LogP contribution in [0.1, 0.15) is 30.9 Å². The molecule has 5 nitrogen and oxygen atoms in total. The van der Waals surface area contributed by atoms with Gasteiger partial charge in [0.1, 0.15) is 5.41 Å². The summed E-state index contributed by atoms with van der Waals surface area (Å²) in [4.78, 5) is 17.8. The van der Waals surface area contributed by atoms with Crippen molar-refractivity contribution in [2.45, 2.75) is 43.4 Å². The molecule has 162 valence electrons. The number of nitrogens with zero attached hydrogens (tertiary/aromatic N) is 2. The number of hydrogen-bond acceptors (Lipinski definition) is 4. The molecule has 0 radical (unpaired) electrons. The van der Waals surface area contributed by atoms with Crippen LogP contribution in [0.15, 0.2) is 60.7 Å². The maximum absolute atomic E-state index is 13.8. The molecular weight excluding hydrogens is 374 g/mol. The van der Waals surface area contributed by atoms with Crippen LogP contribution in [0.4, 0.5) is 0 Å². The van der Waals surface area contributed by atoms with Gasteiger partial charge in [0.05, 0.1) is 6.10 Å². The Labute approximate surface area is 180 Å². The number of carbonyl (C=O) groups is 1. The molecule has 0 aliphatic carbocycles. The molecule has 2 aromatic carbocycles. The van der Waals surface area contributed by atoms with Gasteiger partial charge in [0, 0.05) is 39.3 Å². The summed E-state index contributed by atoms with van der Waals surface area (Å²) in [6.45, 7) is 3.69. The monoisotopic (exact) mass is 409 g/mol. The third-order valence-corrected chi connectivity index (χ3v) is 6.51. The molecule has 3 atom stereocenters. The van der Waals surface area contributed by atoms with Crippen molar-refractivity contribution in [3.63, 3.8) is 0 Å². The van der Waals surface area contributed by atoms with Crippen molar-refractivity contribution in [2.24, 2.45) is 0 Å². The van der Waals surface area contributed by atoms with Crippen molar-refractivity contribution in [1.82, 2.24) is 15.1 Å². The molecule has 2 aromatic rings. The van der Waals surface area contributed by atoms with Gasteiger partial charge in [-0.15, -0.1) is 0 Å². The first-order valence-corrected chi connectivity index (χ1v) is 10.8. The van der Waals surface area contributed by atoms with E-state index in [9.17, 15) is 9.90 Å². The number of piperidine rings is 1. The van der Waals surface area contributed by atoms with E-state index < -0.39 is 11.5 Å². The second-order valence-electron chi connectivity index (χ2n) is 8.64. The third-order valence-electron chi connectivity index (χ3n) is 6.51. The normalized spacial score (nSPS) is 21.2. The number of likely N-dealkylation sites (tertiary alicyclic amines) is 1. The number of rotatable bonds is 7. The number of aliphatic hydroxyl groups excluding tert-OH is 1. The smallest absolute Gasteiger partial charge is 0.237 e. The van der Waals surface area contributed by atoms with Gasteiger partial charge in [0.15, 0.2) is 0 Å². The fourth-order valence-electron chi connectivity index (χ4n) is 4.83. The van der Waals surface area contributed by atoms with E-state index in [1.165, 1.54) is 0 Å². The van der Waals surface area contributed by atoms with Crippen molar-refractivity contribution in [1.29, 1.82) is 0 Å². The first-order valence-electron chi connectivity index (χ1n) is 10.8. The molecule has 1 aliphatic rings. The van der Waals surface area contributed by atoms with E-state index in [0.29, 0.717) is 13.0 Å². The zero-order valence-electron chi connectivity index (χ0n) is 18.6. The molecule has 3 rings (SSSR count). The Kier molecular flexibility index (Phi) is 7.29. The minimum atomic E-state index is -0.782. The predicted octanol–water partition coefficient (Wildman–Crippen LogP) is 2.49. The minimum absolute atomic E-state index is 0.0809. The van der Waals surface area contributed by atoms with E-state index in [1.54, 1.807) is 4.90 Å². The topological polar surface area (TPSA) is 55.8 Å². The largest absolute Gasteiger partial charge is 0.390 e. The second-order valence-corrected chi connectivity index (χ2v) is 8.64. The highest BCUT2D eigenvalue weighted by molar-refractivity contribution is 5.92. The van der Waals surface area contributed by atoms with Gasteiger partial charge < -0.3 is 15.3 Å². The number of benzene rings is 2. The van der Waals surface area contributed by atoms with Gasteiger partial charge in [-0.1, -0.05) is 60.7 Å². The minimum Gasteiger partial charge on any atom is -0.390 e. The molecule has 5 heteroatoms. The number of β-amino-alcohol motifs (C(OH)–C–C–N with tert-alkyl or cyclic N) is 1. The zero-order chi connectivity index (χ0) is 21.7. The van der Waals surface area contributed by atoms with Crippen LogP contribution < -0.4 is 5.32 Å². The summed E-state index contributed by atoms with van der Waals surface area (Å²) in [5.74, 6) is 0.0809. The fourth-order valence-corrected chi connectivity index (χ4v) is 4.83. The van der Waals surface area contributed by atoms with Crippen LogP contribution in [0.5, 0.6) is 0 Å². The van der Waals surface area contributed by atoms with E-state index in [4.69, 9.17) is 0 Å². The van der Waals surface area contributed by atoms with Gasteiger partial charge >= 0.3 is 0 Å². The Bertz CT molecular complexity index is 770. The lowest BCUT2D eigenvalue weighted by Gasteiger charge is -2.43. The van der Waals surface area contributed by atoms with Gasteiger partial charge in [-0.2, -0.15) is 0 Å². The molecule has 0 spiro atoms. The van der Waals surface area contributed by atoms with E-state index in [0.717, 1.165) is 24.1 Å². The average Bonchev–Trinajstić information content (AvgIpc) is 2.78. The SMILES string of the molecule is CN[C@@H]1CCN(C(C)CC(C(=O)N(C)C)(c2ccccc2)c2ccccc2)C[C@H]1O. The fraction of sp³-hybridized carbons (Fsp3) is 0.480. The van der Waals surface area contributed by atoms with Crippen molar-refractivity contribution in [3.8, 4) is 0 Å². The van der Waals surface area contributed by atoms with Crippen molar-refractivity contribution >= 4 is 5.91 Å². The Hall–Kier alpha value is -2.21. The predicted molar refractivity (Wildman–Crippen MR) is 121 cm³/mol. The maximum Gasteiger partial charge on any atom is 0.237 e. The van der Waals surface area contributed by atoms with E-state index in [2.05, 4.69) is 41.4 Å². The second kappa shape index (κ2) is 9.73. The summed E-state index contributed by atoms with van der Waals surface area (Å²) >= 11 is 0. The number of hydrogen-bond donors (Lipinski definition) is 2. The summed E-state index contributed by atoms with van der Waals surface area (Å²) in [5, 5.41) is 13.7. The van der Waals surface area contributed by atoms with Crippen LogP contribution in [0, 0.1) is 0 Å². The van der Waals surface area contributed by atoms with Crippen LogP contribution in [0.25, 0.3) is 0 Å². The summed E-state index contributed by atoms with van der Waals surface area (Å²) in [5.41, 5.74) is 1.23. The number of aliphatic hydroxyl groups is 1. The summed E-state index contributed by atoms with van der Waals surface area (Å²) < 4.78 is 0. The van der Waals surface area contributed by atoms with Crippen molar-refractivity contribution in [2.75, 3.05) is 34.2 Å². The summed E-state index contributed by atoms with van der Waals surface area (Å²) in [6.07, 6.45) is 1.14. The third kappa shape index (κ3) is 4.43. The zero-order valence-corrected chi connectivity index (χ0v) is 18.6. The van der Waals surface area contributed by atoms with Crippen LogP contribution >= 0.6 is 0 Å². The molecule has 1 aliphatic heterocycles. The van der Waals surface area contributed by atoms with Crippen LogP contribution in [-0.4, -0.2) is 73.2 Å². The van der Waals surface area contributed by atoms with Crippen LogP contribution in [0.2, 0.25) is 0 Å². The van der Waals surface area contributed by atoms with Crippen molar-refractivity contribution < 1.29 is 9.90 Å². The highest BCUT2D eigenvalue weighted by Gasteiger charge is 2.45. The number of carbonyl (C=O) groups excluding carboxylic acids is 1. The molecule has 1 saturated heterocycles. The summed E-state index contributed by atoms with van der Waals surface area (Å²) in [7, 11) is 5.56. The van der Waals surface area contributed by atoms with Gasteiger partial charge in [0.25, 0.3) is 0 Å². The molecule has 30 heavy (non-hydrogen) atoms. The number of amides is 1. The summed E-state index contributed by atoms with van der Waals surface area (Å²) in [6, 6.07) is 20.5. The molecule has 2 N–H and O–H groups in total. The Morgan fingerprint density at radius 3 is 2.10 bits per heavy atom. The molecule has 1 unspecified atom stereocenters. The van der Waals surface area contributed by atoms with Gasteiger partial charge in [0.2, 0.25) is 5.91 Å². The molecule has 0 aromatic heterocycles. The standard InChI is InChI=1S/C25H35N3O2/c1-19(28-16-15-22(26-2)23(29)18-28)17-25(24(30)27(3)4,20-11-7-5-8-12-20)21-13-9-6-10-14-21/h5-14,19,22-23,26,29H,15-18H2,1-4H3/t19?,22-,23-/m1/s1. The van der Waals surface area contributed by atoms with Crippen LogP contribution in [-0.2, 0) is 10.2 Å². The quantitative estimate of drug-likeness (QED) is 0.738. The highest BCUT2D eigenvalue weighted by Crippen LogP contribution is 2.39.